The fraction of sp³-hybridized carbons (Fsp3) is 0.308. The second kappa shape index (κ2) is 10.0. The molecule has 0 aliphatic carbocycles. The number of anilines is 1. The van der Waals surface area contributed by atoms with Crippen molar-refractivity contribution in [3.63, 3.8) is 0 Å². The molecule has 0 spiro atoms. The Morgan fingerprint density at radius 2 is 1.75 bits per heavy atom. The topological polar surface area (TPSA) is 54.3 Å². The number of benzene rings is 2. The molecule has 6 heteroatoms. The van der Waals surface area contributed by atoms with E-state index in [9.17, 15) is 9.59 Å². The van der Waals surface area contributed by atoms with E-state index in [-0.39, 0.29) is 18.2 Å². The van der Waals surface area contributed by atoms with Crippen LogP contribution in [0.5, 0.6) is 0 Å². The van der Waals surface area contributed by atoms with Crippen LogP contribution in [0.25, 0.3) is 0 Å². The van der Waals surface area contributed by atoms with Crippen molar-refractivity contribution in [2.75, 3.05) is 24.5 Å². The highest BCUT2D eigenvalue weighted by Crippen LogP contribution is 2.27. The van der Waals surface area contributed by atoms with Crippen molar-refractivity contribution in [3.05, 3.63) is 88.1 Å². The summed E-state index contributed by atoms with van der Waals surface area (Å²) in [6, 6.07) is 17.0. The minimum atomic E-state index is -0.234. The maximum Gasteiger partial charge on any atom is 0.251 e. The van der Waals surface area contributed by atoms with Crippen molar-refractivity contribution >= 4 is 29.1 Å². The van der Waals surface area contributed by atoms with E-state index in [4.69, 9.17) is 11.6 Å². The molecule has 2 heterocycles. The number of aromatic nitrogens is 1. The van der Waals surface area contributed by atoms with Gasteiger partial charge in [0.1, 0.15) is 5.82 Å². The third-order valence-electron chi connectivity index (χ3n) is 5.85. The predicted octanol–water partition coefficient (Wildman–Crippen LogP) is 5.10. The van der Waals surface area contributed by atoms with E-state index in [0.29, 0.717) is 22.7 Å². The highest BCUT2D eigenvalue weighted by molar-refractivity contribution is 6.30. The number of hydrogen-bond donors (Lipinski definition) is 1. The Labute approximate surface area is 194 Å². The lowest BCUT2D eigenvalue weighted by Crippen LogP contribution is -2.34. The third kappa shape index (κ3) is 5.22. The Morgan fingerprint density at radius 3 is 2.47 bits per heavy atom. The molecule has 1 aromatic heterocycles. The van der Waals surface area contributed by atoms with Crippen molar-refractivity contribution in [3.8, 4) is 0 Å². The fourth-order valence-corrected chi connectivity index (χ4v) is 4.32. The molecule has 32 heavy (non-hydrogen) atoms. The number of amides is 1. The van der Waals surface area contributed by atoms with Gasteiger partial charge in [-0.2, -0.15) is 0 Å². The average molecular weight is 450 g/mol. The molecule has 1 amide bonds. The molecule has 1 fully saturated rings. The standard InChI is InChI=1S/C26H28ClN3O2/c1-19-6-5-7-21(16-19)25(32)28-17-24(31)23-12-15-30(18-20-8-10-22(27)11-9-20)26(23)29-13-3-2-4-14-29/h5-12,15-16H,2-4,13-14,17-18H2,1H3,(H,28,32). The summed E-state index contributed by atoms with van der Waals surface area (Å²) in [6.07, 6.45) is 5.41. The molecule has 0 radical (unpaired) electrons. The van der Waals surface area contributed by atoms with Crippen LogP contribution in [0.1, 0.15) is 51.1 Å². The van der Waals surface area contributed by atoms with E-state index in [1.165, 1.54) is 6.42 Å². The summed E-state index contributed by atoms with van der Waals surface area (Å²) in [5.41, 5.74) is 3.35. The molecule has 0 saturated carbocycles. The van der Waals surface area contributed by atoms with E-state index >= 15 is 0 Å². The Hall–Kier alpha value is -3.05. The lowest BCUT2D eigenvalue weighted by Gasteiger charge is -2.31. The quantitative estimate of drug-likeness (QED) is 0.510. The van der Waals surface area contributed by atoms with E-state index < -0.39 is 0 Å². The predicted molar refractivity (Wildman–Crippen MR) is 129 cm³/mol. The molecular weight excluding hydrogens is 422 g/mol. The number of carbonyl (C=O) groups excluding carboxylic acids is 2. The van der Waals surface area contributed by atoms with Gasteiger partial charge in [0.2, 0.25) is 0 Å². The van der Waals surface area contributed by atoms with Crippen LogP contribution in [-0.4, -0.2) is 35.9 Å². The van der Waals surface area contributed by atoms with Crippen molar-refractivity contribution < 1.29 is 9.59 Å². The summed E-state index contributed by atoms with van der Waals surface area (Å²) in [4.78, 5) is 28.0. The largest absolute Gasteiger partial charge is 0.357 e. The van der Waals surface area contributed by atoms with Crippen molar-refractivity contribution in [1.29, 1.82) is 0 Å². The van der Waals surface area contributed by atoms with E-state index in [2.05, 4.69) is 14.8 Å². The van der Waals surface area contributed by atoms with Gasteiger partial charge in [-0.1, -0.05) is 41.4 Å². The third-order valence-corrected chi connectivity index (χ3v) is 6.10. The zero-order valence-corrected chi connectivity index (χ0v) is 19.1. The van der Waals surface area contributed by atoms with Crippen LogP contribution in [0.2, 0.25) is 5.02 Å². The Bertz CT molecular complexity index is 1100. The minimum Gasteiger partial charge on any atom is -0.357 e. The number of ketones is 1. The summed E-state index contributed by atoms with van der Waals surface area (Å²) < 4.78 is 2.13. The van der Waals surface area contributed by atoms with Crippen molar-refractivity contribution in [1.82, 2.24) is 9.88 Å². The Kier molecular flexibility index (Phi) is 6.96. The molecule has 4 rings (SSSR count). The number of hydrogen-bond acceptors (Lipinski definition) is 3. The summed E-state index contributed by atoms with van der Waals surface area (Å²) in [5, 5.41) is 3.50. The Balaban J connectivity index is 1.54. The van der Waals surface area contributed by atoms with Crippen LogP contribution < -0.4 is 10.2 Å². The van der Waals surface area contributed by atoms with Gasteiger partial charge in [0.05, 0.1) is 12.1 Å². The van der Waals surface area contributed by atoms with E-state index in [0.717, 1.165) is 42.9 Å². The van der Waals surface area contributed by atoms with Gasteiger partial charge in [-0.15, -0.1) is 0 Å². The average Bonchev–Trinajstić information content (AvgIpc) is 3.23. The maximum atomic E-state index is 13.1. The van der Waals surface area contributed by atoms with Gasteiger partial charge >= 0.3 is 0 Å². The summed E-state index contributed by atoms with van der Waals surface area (Å²) in [7, 11) is 0. The molecule has 1 N–H and O–H groups in total. The highest BCUT2D eigenvalue weighted by atomic mass is 35.5. The number of nitrogens with one attached hydrogen (secondary N) is 1. The van der Waals surface area contributed by atoms with E-state index in [1.54, 1.807) is 6.07 Å². The van der Waals surface area contributed by atoms with Crippen LogP contribution in [0.4, 0.5) is 5.82 Å². The van der Waals surface area contributed by atoms with Gasteiger partial charge in [0.25, 0.3) is 5.91 Å². The first kappa shape index (κ1) is 22.2. The van der Waals surface area contributed by atoms with Crippen LogP contribution in [0, 0.1) is 6.92 Å². The molecule has 166 valence electrons. The van der Waals surface area contributed by atoms with Crippen molar-refractivity contribution in [2.45, 2.75) is 32.7 Å². The number of nitrogens with zero attached hydrogens (tertiary/aromatic N) is 2. The Morgan fingerprint density at radius 1 is 1.00 bits per heavy atom. The van der Waals surface area contributed by atoms with Gasteiger partial charge < -0.3 is 14.8 Å². The molecule has 0 atom stereocenters. The van der Waals surface area contributed by atoms with E-state index in [1.807, 2.05) is 61.7 Å². The number of Topliss-reactive ketones (excluding diaryl/α,β-unsaturated/α-hetero) is 1. The lowest BCUT2D eigenvalue weighted by molar-refractivity contribution is 0.0904. The molecule has 5 nitrogen and oxygen atoms in total. The van der Waals surface area contributed by atoms with Crippen LogP contribution >= 0.6 is 11.6 Å². The number of rotatable bonds is 7. The first-order chi connectivity index (χ1) is 15.5. The normalized spacial score (nSPS) is 13.8. The summed E-state index contributed by atoms with van der Waals surface area (Å²) in [5.74, 6) is 0.623. The molecule has 1 aliphatic rings. The van der Waals surface area contributed by atoms with Gasteiger partial charge in [-0.05, 0) is 62.1 Å². The highest BCUT2D eigenvalue weighted by Gasteiger charge is 2.23. The molecule has 3 aromatic rings. The molecular formula is C26H28ClN3O2. The second-order valence-electron chi connectivity index (χ2n) is 8.33. The zero-order valence-electron chi connectivity index (χ0n) is 18.3. The lowest BCUT2D eigenvalue weighted by atomic mass is 10.1. The monoisotopic (exact) mass is 449 g/mol. The maximum absolute atomic E-state index is 13.1. The van der Waals surface area contributed by atoms with Gasteiger partial charge in [0, 0.05) is 36.4 Å². The van der Waals surface area contributed by atoms with Crippen LogP contribution in [0.15, 0.2) is 60.8 Å². The van der Waals surface area contributed by atoms with Gasteiger partial charge in [0.15, 0.2) is 5.78 Å². The van der Waals surface area contributed by atoms with Crippen LogP contribution in [0.3, 0.4) is 0 Å². The summed E-state index contributed by atoms with van der Waals surface area (Å²) in [6.45, 7) is 4.43. The molecule has 0 unspecified atom stereocenters. The molecule has 1 saturated heterocycles. The number of halogens is 1. The van der Waals surface area contributed by atoms with Gasteiger partial charge in [-0.3, -0.25) is 9.59 Å². The first-order valence-corrected chi connectivity index (χ1v) is 11.5. The summed E-state index contributed by atoms with van der Waals surface area (Å²) >= 11 is 6.03. The van der Waals surface area contributed by atoms with Gasteiger partial charge in [-0.25, -0.2) is 0 Å². The zero-order chi connectivity index (χ0) is 22.5. The smallest absolute Gasteiger partial charge is 0.251 e. The second-order valence-corrected chi connectivity index (χ2v) is 8.77. The number of aryl methyl sites for hydroxylation is 1. The molecule has 0 bridgehead atoms. The number of piperidine rings is 1. The van der Waals surface area contributed by atoms with Crippen LogP contribution in [-0.2, 0) is 6.54 Å². The fourth-order valence-electron chi connectivity index (χ4n) is 4.20. The molecule has 1 aliphatic heterocycles. The molecule has 2 aromatic carbocycles. The first-order valence-electron chi connectivity index (χ1n) is 11.1. The van der Waals surface area contributed by atoms with Crippen molar-refractivity contribution in [2.24, 2.45) is 0 Å². The minimum absolute atomic E-state index is 0.0292. The SMILES string of the molecule is Cc1cccc(C(=O)NCC(=O)c2ccn(Cc3ccc(Cl)cc3)c2N2CCCCC2)c1. The number of carbonyl (C=O) groups is 2.